The maximum absolute atomic E-state index is 13.3. The van der Waals surface area contributed by atoms with Gasteiger partial charge < -0.3 is 19.6 Å². The second-order valence-corrected chi connectivity index (χ2v) is 7.43. The lowest BCUT2D eigenvalue weighted by atomic mass is 9.95. The van der Waals surface area contributed by atoms with Crippen LogP contribution >= 0.6 is 0 Å². The van der Waals surface area contributed by atoms with Crippen LogP contribution in [0, 0.1) is 5.82 Å². The highest BCUT2D eigenvalue weighted by molar-refractivity contribution is 6.46. The van der Waals surface area contributed by atoms with Gasteiger partial charge in [-0.1, -0.05) is 12.1 Å². The average molecular weight is 412 g/mol. The SMILES string of the molecule is COc1cccc(C2/C(=C(/O)c3ccc(F)cc3)C(=O)C(=O)N2CCCN(C)C)c1. The first-order valence-corrected chi connectivity index (χ1v) is 9.66. The van der Waals surface area contributed by atoms with Gasteiger partial charge in [-0.05, 0) is 69.0 Å². The third-order valence-corrected chi connectivity index (χ3v) is 5.07. The molecule has 1 aliphatic rings. The van der Waals surface area contributed by atoms with Gasteiger partial charge in [-0.15, -0.1) is 0 Å². The molecular formula is C23H25FN2O4. The van der Waals surface area contributed by atoms with Gasteiger partial charge in [0.2, 0.25) is 0 Å². The summed E-state index contributed by atoms with van der Waals surface area (Å²) in [5.41, 5.74) is 0.919. The molecule has 158 valence electrons. The minimum absolute atomic E-state index is 0.00952. The van der Waals surface area contributed by atoms with Crippen LogP contribution < -0.4 is 4.74 Å². The number of halogens is 1. The summed E-state index contributed by atoms with van der Waals surface area (Å²) < 4.78 is 18.6. The van der Waals surface area contributed by atoms with Gasteiger partial charge in [0.1, 0.15) is 17.3 Å². The third-order valence-electron chi connectivity index (χ3n) is 5.07. The molecule has 0 bridgehead atoms. The monoisotopic (exact) mass is 412 g/mol. The Morgan fingerprint density at radius 3 is 2.50 bits per heavy atom. The van der Waals surface area contributed by atoms with Crippen LogP contribution in [0.5, 0.6) is 5.75 Å². The lowest BCUT2D eigenvalue weighted by molar-refractivity contribution is -0.139. The van der Waals surface area contributed by atoms with Crippen molar-refractivity contribution in [1.82, 2.24) is 9.80 Å². The van der Waals surface area contributed by atoms with Crippen LogP contribution in [0.3, 0.4) is 0 Å². The zero-order valence-electron chi connectivity index (χ0n) is 17.3. The maximum atomic E-state index is 13.3. The van der Waals surface area contributed by atoms with E-state index in [9.17, 15) is 19.1 Å². The number of nitrogens with zero attached hydrogens (tertiary/aromatic N) is 2. The lowest BCUT2D eigenvalue weighted by Gasteiger charge is -2.26. The van der Waals surface area contributed by atoms with E-state index in [2.05, 4.69) is 0 Å². The van der Waals surface area contributed by atoms with Gasteiger partial charge in [0.15, 0.2) is 0 Å². The fraction of sp³-hybridized carbons (Fsp3) is 0.304. The molecular weight excluding hydrogens is 387 g/mol. The molecule has 0 radical (unpaired) electrons. The molecule has 1 atom stereocenters. The van der Waals surface area contributed by atoms with Crippen LogP contribution in [-0.4, -0.2) is 60.9 Å². The summed E-state index contributed by atoms with van der Waals surface area (Å²) >= 11 is 0. The molecule has 0 spiro atoms. The second kappa shape index (κ2) is 9.09. The molecule has 0 aliphatic carbocycles. The Bertz CT molecular complexity index is 969. The number of Topliss-reactive ketones (excluding diaryl/α,β-unsaturated/α-hetero) is 1. The number of hydrogen-bond acceptors (Lipinski definition) is 5. The number of ketones is 1. The smallest absolute Gasteiger partial charge is 0.295 e. The van der Waals surface area contributed by atoms with E-state index in [1.165, 1.54) is 36.3 Å². The quantitative estimate of drug-likeness (QED) is 0.430. The number of rotatable bonds is 7. The van der Waals surface area contributed by atoms with E-state index in [0.29, 0.717) is 24.3 Å². The van der Waals surface area contributed by atoms with E-state index in [4.69, 9.17) is 4.74 Å². The predicted molar refractivity (Wildman–Crippen MR) is 112 cm³/mol. The minimum atomic E-state index is -0.757. The predicted octanol–water partition coefficient (Wildman–Crippen LogP) is 3.21. The molecule has 3 rings (SSSR count). The molecule has 30 heavy (non-hydrogen) atoms. The number of aliphatic hydroxyl groups is 1. The van der Waals surface area contributed by atoms with E-state index >= 15 is 0 Å². The summed E-state index contributed by atoms with van der Waals surface area (Å²) in [6.45, 7) is 1.09. The summed E-state index contributed by atoms with van der Waals surface area (Å²) in [4.78, 5) is 29.2. The Kier molecular flexibility index (Phi) is 6.52. The summed E-state index contributed by atoms with van der Waals surface area (Å²) in [6.07, 6.45) is 0.664. The van der Waals surface area contributed by atoms with E-state index in [0.717, 1.165) is 6.54 Å². The van der Waals surface area contributed by atoms with Crippen molar-refractivity contribution in [3.05, 3.63) is 71.0 Å². The Hall–Kier alpha value is -3.19. The van der Waals surface area contributed by atoms with Crippen LogP contribution in [-0.2, 0) is 9.59 Å². The zero-order chi connectivity index (χ0) is 21.8. The van der Waals surface area contributed by atoms with Crippen LogP contribution in [0.15, 0.2) is 54.1 Å². The van der Waals surface area contributed by atoms with Crippen molar-refractivity contribution in [2.45, 2.75) is 12.5 Å². The van der Waals surface area contributed by atoms with E-state index in [1.807, 2.05) is 19.0 Å². The zero-order valence-corrected chi connectivity index (χ0v) is 17.3. The van der Waals surface area contributed by atoms with Crippen LogP contribution in [0.1, 0.15) is 23.6 Å². The first-order valence-electron chi connectivity index (χ1n) is 9.66. The molecule has 7 heteroatoms. The molecule has 1 unspecified atom stereocenters. The molecule has 6 nitrogen and oxygen atoms in total. The third kappa shape index (κ3) is 4.36. The number of carbonyl (C=O) groups excluding carboxylic acids is 2. The molecule has 2 aromatic carbocycles. The van der Waals surface area contributed by atoms with E-state index < -0.39 is 23.5 Å². The van der Waals surface area contributed by atoms with Crippen molar-refractivity contribution >= 4 is 17.4 Å². The summed E-state index contributed by atoms with van der Waals surface area (Å²) in [6, 6.07) is 11.5. The molecule has 0 saturated carbocycles. The number of ether oxygens (including phenoxy) is 1. The molecule has 1 fully saturated rings. The normalized spacial score (nSPS) is 18.3. The van der Waals surface area contributed by atoms with Crippen molar-refractivity contribution in [3.63, 3.8) is 0 Å². The Morgan fingerprint density at radius 1 is 1.17 bits per heavy atom. The maximum Gasteiger partial charge on any atom is 0.295 e. The standard InChI is InChI=1S/C23H25FN2O4/c1-25(2)12-5-13-26-20(16-6-4-7-18(14-16)30-3)19(22(28)23(26)29)21(27)15-8-10-17(24)11-9-15/h4,6-11,14,20,27H,5,12-13H2,1-3H3/b21-19-. The average Bonchev–Trinajstić information content (AvgIpc) is 2.98. The van der Waals surface area contributed by atoms with Gasteiger partial charge >= 0.3 is 0 Å². The van der Waals surface area contributed by atoms with Crippen LogP contribution in [0.25, 0.3) is 5.76 Å². The number of amides is 1. The van der Waals surface area contributed by atoms with Gasteiger partial charge in [-0.2, -0.15) is 0 Å². The van der Waals surface area contributed by atoms with Crippen molar-refractivity contribution in [1.29, 1.82) is 0 Å². The molecule has 0 aromatic heterocycles. The molecule has 2 aromatic rings. The second-order valence-electron chi connectivity index (χ2n) is 7.43. The van der Waals surface area contributed by atoms with Crippen molar-refractivity contribution < 1.29 is 23.8 Å². The number of hydrogen-bond donors (Lipinski definition) is 1. The number of likely N-dealkylation sites (tertiary alicyclic amines) is 1. The van der Waals surface area contributed by atoms with Crippen LogP contribution in [0.4, 0.5) is 4.39 Å². The number of methoxy groups -OCH3 is 1. The van der Waals surface area contributed by atoms with Crippen molar-refractivity contribution in [2.24, 2.45) is 0 Å². The molecule has 1 amide bonds. The molecule has 1 saturated heterocycles. The summed E-state index contributed by atoms with van der Waals surface area (Å²) in [5, 5.41) is 10.9. The Morgan fingerprint density at radius 2 is 1.87 bits per heavy atom. The minimum Gasteiger partial charge on any atom is -0.507 e. The molecule has 1 N–H and O–H groups in total. The van der Waals surface area contributed by atoms with Gasteiger partial charge in [-0.25, -0.2) is 4.39 Å². The molecule has 1 aliphatic heterocycles. The fourth-order valence-electron chi connectivity index (χ4n) is 3.59. The van der Waals surface area contributed by atoms with Crippen molar-refractivity contribution in [3.8, 4) is 5.75 Å². The van der Waals surface area contributed by atoms with Gasteiger partial charge in [0.05, 0.1) is 18.7 Å². The fourth-order valence-corrected chi connectivity index (χ4v) is 3.59. The highest BCUT2D eigenvalue weighted by Crippen LogP contribution is 2.40. The summed E-state index contributed by atoms with van der Waals surface area (Å²) in [7, 11) is 5.40. The number of aliphatic hydroxyl groups excluding tert-OH is 1. The lowest BCUT2D eigenvalue weighted by Crippen LogP contribution is -2.32. The highest BCUT2D eigenvalue weighted by atomic mass is 19.1. The van der Waals surface area contributed by atoms with E-state index in [1.54, 1.807) is 24.3 Å². The number of carbonyl (C=O) groups is 2. The Labute approximate surface area is 175 Å². The topological polar surface area (TPSA) is 70.1 Å². The van der Waals surface area contributed by atoms with Crippen LogP contribution in [0.2, 0.25) is 0 Å². The first kappa shape index (κ1) is 21.5. The highest BCUT2D eigenvalue weighted by Gasteiger charge is 2.45. The van der Waals surface area contributed by atoms with Gasteiger partial charge in [0.25, 0.3) is 11.7 Å². The summed E-state index contributed by atoms with van der Waals surface area (Å²) in [5.74, 6) is -1.62. The first-order chi connectivity index (χ1) is 14.3. The van der Waals surface area contributed by atoms with Crippen molar-refractivity contribution in [2.75, 3.05) is 34.3 Å². The molecule has 1 heterocycles. The van der Waals surface area contributed by atoms with Gasteiger partial charge in [0, 0.05) is 12.1 Å². The largest absolute Gasteiger partial charge is 0.507 e. The van der Waals surface area contributed by atoms with Gasteiger partial charge in [-0.3, -0.25) is 9.59 Å². The number of benzene rings is 2. The van der Waals surface area contributed by atoms with E-state index in [-0.39, 0.29) is 16.9 Å². The Balaban J connectivity index is 2.10.